The molecule has 0 saturated heterocycles. The van der Waals surface area contributed by atoms with Gasteiger partial charge in [-0.05, 0) is 95.6 Å². The van der Waals surface area contributed by atoms with E-state index < -0.39 is 10.2 Å². The lowest BCUT2D eigenvalue weighted by atomic mass is 10.0. The number of hydrogen-bond acceptors (Lipinski definition) is 8. The molecule has 6 nitrogen and oxygen atoms in total. The molecule has 0 radical (unpaired) electrons. The summed E-state index contributed by atoms with van der Waals surface area (Å²) >= 11 is 0. The minimum atomic E-state index is -0.996. The van der Waals surface area contributed by atoms with Gasteiger partial charge in [0.25, 0.3) is 10.2 Å². The van der Waals surface area contributed by atoms with E-state index in [0.717, 1.165) is 72.2 Å². The maximum Gasteiger partial charge on any atom is 0.251 e. The fraction of sp³-hybridized carbons (Fsp3) is 1.00. The molecular weight excluding hydrogens is 841 g/mol. The Labute approximate surface area is 402 Å². The molecule has 0 bridgehead atoms. The Morgan fingerprint density at radius 1 is 0.323 bits per heavy atom. The van der Waals surface area contributed by atoms with Crippen LogP contribution in [-0.2, 0) is 28.4 Å². The van der Waals surface area contributed by atoms with Crippen molar-refractivity contribution in [3.8, 4) is 0 Å². The van der Waals surface area contributed by atoms with Crippen LogP contribution in [0.3, 0.4) is 0 Å². The molecule has 0 aromatic heterocycles. The number of unbranched alkanes of at least 4 members (excludes halogenated alkanes) is 6. The van der Waals surface area contributed by atoms with Gasteiger partial charge < -0.3 is 28.4 Å². The Morgan fingerprint density at radius 2 is 0.516 bits per heavy atom. The summed E-state index contributed by atoms with van der Waals surface area (Å²) in [6.07, 6.45) is 28.3. The lowest BCUT2D eigenvalue weighted by Gasteiger charge is -2.44. The Kier molecular flexibility index (Phi) is 41.5. The highest BCUT2D eigenvalue weighted by molar-refractivity contribution is 8.77. The zero-order valence-corrected chi connectivity index (χ0v) is 49.7. The first-order valence-electron chi connectivity index (χ1n) is 27.2. The van der Waals surface area contributed by atoms with E-state index in [1.54, 1.807) is 21.6 Å². The minimum absolute atomic E-state index is 0.173. The molecule has 0 aromatic rings. The largest absolute Gasteiger partial charge is 0.376 e. The van der Waals surface area contributed by atoms with E-state index in [0.29, 0.717) is 61.9 Å². The second-order valence-electron chi connectivity index (χ2n) is 19.1. The summed E-state index contributed by atoms with van der Waals surface area (Å²) in [6, 6.07) is 0. The van der Waals surface area contributed by atoms with Gasteiger partial charge in [-0.2, -0.15) is 0 Å². The molecule has 0 saturated carbocycles. The van der Waals surface area contributed by atoms with Gasteiger partial charge in [0.15, 0.2) is 0 Å². The van der Waals surface area contributed by atoms with E-state index in [9.17, 15) is 0 Å². The molecule has 0 spiro atoms. The van der Waals surface area contributed by atoms with Gasteiger partial charge in [0.1, 0.15) is 11.5 Å². The van der Waals surface area contributed by atoms with Crippen molar-refractivity contribution < 1.29 is 28.4 Å². The van der Waals surface area contributed by atoms with Gasteiger partial charge in [-0.1, -0.05) is 199 Å². The molecule has 0 fully saturated rings. The average Bonchev–Trinajstić information content (AvgIpc) is 3.29. The summed E-state index contributed by atoms with van der Waals surface area (Å²) in [4.78, 5) is 0. The minimum Gasteiger partial charge on any atom is -0.376 e. The summed E-state index contributed by atoms with van der Waals surface area (Å²) in [6.45, 7) is 31.9. The standard InChI is InChI=1S/C52H110O6S2Si2/c1-13-25-31-43(19-7)37-53-49(61)51(55-39-45(21-9)33-27-15-3,56-40-46(22-10)34-28-16-4)59-60-52(57-41-47(23-11)35-29-17-5,58-42-48(24-12)36-30-18-6)50(62)54-38-44(20-8)32-26-14-2/h43-50H,13-42H2,1-12,61-62H3. The van der Waals surface area contributed by atoms with Gasteiger partial charge >= 0.3 is 0 Å². The van der Waals surface area contributed by atoms with E-state index in [1.807, 2.05) is 0 Å². The van der Waals surface area contributed by atoms with Gasteiger partial charge in [-0.25, -0.2) is 0 Å². The van der Waals surface area contributed by atoms with Crippen LogP contribution in [0.15, 0.2) is 0 Å². The Bertz CT molecular complexity index is 854. The van der Waals surface area contributed by atoms with Crippen molar-refractivity contribution >= 4 is 42.1 Å². The lowest BCUT2D eigenvalue weighted by Crippen LogP contribution is -2.51. The van der Waals surface area contributed by atoms with E-state index in [-0.39, 0.29) is 11.5 Å². The van der Waals surface area contributed by atoms with Gasteiger partial charge in [-0.15, -0.1) is 0 Å². The van der Waals surface area contributed by atoms with E-state index in [1.165, 1.54) is 116 Å². The van der Waals surface area contributed by atoms with Crippen molar-refractivity contribution in [2.45, 2.75) is 259 Å². The van der Waals surface area contributed by atoms with Crippen LogP contribution < -0.4 is 0 Å². The predicted molar refractivity (Wildman–Crippen MR) is 284 cm³/mol. The van der Waals surface area contributed by atoms with Crippen LogP contribution in [0.1, 0.15) is 237 Å². The first kappa shape index (κ1) is 62.9. The highest BCUT2D eigenvalue weighted by Gasteiger charge is 2.49. The maximum absolute atomic E-state index is 7.41. The van der Waals surface area contributed by atoms with Crippen molar-refractivity contribution in [1.82, 2.24) is 0 Å². The molecule has 10 heteroatoms. The summed E-state index contributed by atoms with van der Waals surface area (Å²) in [5.41, 5.74) is -0.345. The normalized spacial score (nSPS) is 18.2. The fourth-order valence-corrected chi connectivity index (χ4v) is 14.0. The van der Waals surface area contributed by atoms with Gasteiger partial charge in [0, 0.05) is 33.7 Å². The second-order valence-corrected chi connectivity index (χ2v) is 23.6. The third kappa shape index (κ3) is 27.0. The first-order chi connectivity index (χ1) is 30.0. The van der Waals surface area contributed by atoms with Gasteiger partial charge in [0.2, 0.25) is 0 Å². The highest BCUT2D eigenvalue weighted by atomic mass is 33.1. The topological polar surface area (TPSA) is 55.4 Å². The summed E-state index contributed by atoms with van der Waals surface area (Å²) < 4.78 is 43.9. The third-order valence-electron chi connectivity index (χ3n) is 13.8. The Hall–Kier alpha value is 0.894. The summed E-state index contributed by atoms with van der Waals surface area (Å²) in [5, 5.41) is -1.99. The van der Waals surface area contributed by atoms with Crippen LogP contribution in [0.25, 0.3) is 0 Å². The first-order valence-corrected chi connectivity index (χ1v) is 31.6. The molecule has 0 aliphatic rings. The van der Waals surface area contributed by atoms with Crippen molar-refractivity contribution in [1.29, 1.82) is 0 Å². The molecule has 0 N–H and O–H groups in total. The van der Waals surface area contributed by atoms with Gasteiger partial charge in [0.05, 0.1) is 26.4 Å². The van der Waals surface area contributed by atoms with Crippen LogP contribution in [-0.4, -0.2) is 81.8 Å². The summed E-state index contributed by atoms with van der Waals surface area (Å²) in [5.74, 6) is 2.97. The molecule has 0 heterocycles. The third-order valence-corrected chi connectivity index (χ3v) is 20.1. The van der Waals surface area contributed by atoms with Crippen molar-refractivity contribution in [3.63, 3.8) is 0 Å². The lowest BCUT2D eigenvalue weighted by molar-refractivity contribution is -0.227. The van der Waals surface area contributed by atoms with Crippen LogP contribution in [0.2, 0.25) is 0 Å². The van der Waals surface area contributed by atoms with Crippen molar-refractivity contribution in [2.75, 3.05) is 39.6 Å². The van der Waals surface area contributed by atoms with E-state index in [4.69, 9.17) is 28.4 Å². The monoisotopic (exact) mass is 951 g/mol. The van der Waals surface area contributed by atoms with Gasteiger partial charge in [-0.3, -0.25) is 0 Å². The zero-order valence-electron chi connectivity index (χ0n) is 44.1. The van der Waals surface area contributed by atoms with Crippen LogP contribution in [0, 0.1) is 35.5 Å². The summed E-state index contributed by atoms with van der Waals surface area (Å²) in [7, 11) is 5.00. The quantitative estimate of drug-likeness (QED) is 0.0340. The Morgan fingerprint density at radius 3 is 0.694 bits per heavy atom. The zero-order chi connectivity index (χ0) is 46.5. The van der Waals surface area contributed by atoms with E-state index >= 15 is 0 Å². The average molecular weight is 952 g/mol. The fourth-order valence-electron chi connectivity index (χ4n) is 7.99. The molecule has 0 aliphatic heterocycles. The molecule has 0 aliphatic carbocycles. The molecule has 0 rings (SSSR count). The molecule has 8 unspecified atom stereocenters. The van der Waals surface area contributed by atoms with Crippen molar-refractivity contribution in [3.05, 3.63) is 0 Å². The van der Waals surface area contributed by atoms with Crippen LogP contribution >= 0.6 is 21.6 Å². The number of hydrogen-bond donors (Lipinski definition) is 0. The molecule has 8 atom stereocenters. The predicted octanol–water partition coefficient (Wildman–Crippen LogP) is 14.5. The number of rotatable bonds is 47. The second kappa shape index (κ2) is 40.9. The smallest absolute Gasteiger partial charge is 0.251 e. The number of ether oxygens (including phenoxy) is 6. The molecule has 0 aromatic carbocycles. The van der Waals surface area contributed by atoms with Crippen molar-refractivity contribution in [2.24, 2.45) is 35.5 Å². The Balaban J connectivity index is 7.63. The molecule has 374 valence electrons. The SMILES string of the molecule is CCCCC(CC)COC([SiH3])C(OCC(CC)CCCC)(OCC(CC)CCCC)SSC(OCC(CC)CCCC)(OCC(CC)CCCC)C([SiH3])OCC(CC)CCCC. The van der Waals surface area contributed by atoms with Crippen LogP contribution in [0.4, 0.5) is 0 Å². The van der Waals surface area contributed by atoms with E-state index in [2.05, 4.69) is 83.1 Å². The molecule has 0 amide bonds. The maximum atomic E-state index is 7.41. The molecular formula is C52H110O6S2Si2. The highest BCUT2D eigenvalue weighted by Crippen LogP contribution is 2.51. The van der Waals surface area contributed by atoms with Crippen LogP contribution in [0.5, 0.6) is 0 Å². The molecule has 62 heavy (non-hydrogen) atoms.